The van der Waals surface area contributed by atoms with E-state index in [1.54, 1.807) is 0 Å². The Kier molecular flexibility index (Phi) is 5.62. The molecule has 1 aromatic carbocycles. The predicted molar refractivity (Wildman–Crippen MR) is 102 cm³/mol. The van der Waals surface area contributed by atoms with Gasteiger partial charge >= 0.3 is 7.12 Å². The van der Waals surface area contributed by atoms with Crippen molar-refractivity contribution < 1.29 is 14.1 Å². The van der Waals surface area contributed by atoms with Crippen molar-refractivity contribution in [3.8, 4) is 0 Å². The van der Waals surface area contributed by atoms with E-state index in [0.29, 0.717) is 6.54 Å². The van der Waals surface area contributed by atoms with Gasteiger partial charge in [0.05, 0.1) is 11.2 Å². The van der Waals surface area contributed by atoms with Crippen molar-refractivity contribution in [1.29, 1.82) is 0 Å². The maximum absolute atomic E-state index is 11.4. The zero-order valence-corrected chi connectivity index (χ0v) is 16.8. The van der Waals surface area contributed by atoms with E-state index < -0.39 is 18.3 Å². The monoisotopic (exact) mass is 393 g/mol. The lowest BCUT2D eigenvalue weighted by Crippen LogP contribution is -2.41. The fraction of sp³-hybridized carbons (Fsp3) is 0.500. The average molecular weight is 394 g/mol. The summed E-state index contributed by atoms with van der Waals surface area (Å²) >= 11 is 3.48. The molecule has 1 amide bonds. The molecule has 130 valence electrons. The van der Waals surface area contributed by atoms with Crippen molar-refractivity contribution in [1.82, 2.24) is 5.32 Å². The first-order valence-corrected chi connectivity index (χ1v) is 8.88. The van der Waals surface area contributed by atoms with Crippen LogP contribution in [0.3, 0.4) is 0 Å². The summed E-state index contributed by atoms with van der Waals surface area (Å²) in [6, 6.07) is 6.10. The summed E-state index contributed by atoms with van der Waals surface area (Å²) in [7, 11) is -0.482. The number of hydrogen-bond donors (Lipinski definition) is 1. The van der Waals surface area contributed by atoms with Crippen LogP contribution in [0.4, 0.5) is 0 Å². The second-order valence-corrected chi connectivity index (χ2v) is 8.13. The molecule has 0 unspecified atom stereocenters. The summed E-state index contributed by atoms with van der Waals surface area (Å²) in [6.07, 6.45) is 2.04. The van der Waals surface area contributed by atoms with Crippen molar-refractivity contribution in [2.24, 2.45) is 0 Å². The smallest absolute Gasteiger partial charge is 0.400 e. The number of aryl methyl sites for hydroxylation is 1. The zero-order valence-electron chi connectivity index (χ0n) is 15.2. The van der Waals surface area contributed by atoms with E-state index in [0.717, 1.165) is 21.1 Å². The Balaban J connectivity index is 2.35. The molecule has 4 nitrogen and oxygen atoms in total. The molecule has 6 heteroatoms. The van der Waals surface area contributed by atoms with Gasteiger partial charge in [-0.2, -0.15) is 0 Å². The maximum Gasteiger partial charge on any atom is 0.492 e. The quantitative estimate of drug-likeness (QED) is 0.789. The van der Waals surface area contributed by atoms with Crippen LogP contribution in [0.2, 0.25) is 0 Å². The Hall–Kier alpha value is -1.11. The lowest BCUT2D eigenvalue weighted by Gasteiger charge is -2.32. The molecule has 1 fully saturated rings. The lowest BCUT2D eigenvalue weighted by atomic mass is 9.76. The van der Waals surface area contributed by atoms with Gasteiger partial charge in [0.2, 0.25) is 5.91 Å². The van der Waals surface area contributed by atoms with E-state index in [4.69, 9.17) is 9.31 Å². The highest BCUT2D eigenvalue weighted by atomic mass is 79.9. The Morgan fingerprint density at radius 2 is 1.83 bits per heavy atom. The molecule has 1 aromatic rings. The summed E-state index contributed by atoms with van der Waals surface area (Å²) in [4.78, 5) is 11.4. The molecule has 2 rings (SSSR count). The minimum atomic E-state index is -0.482. The molecular weight excluding hydrogens is 369 g/mol. The van der Waals surface area contributed by atoms with Gasteiger partial charge in [-0.1, -0.05) is 28.1 Å². The van der Waals surface area contributed by atoms with Gasteiger partial charge in [-0.25, -0.2) is 0 Å². The number of nitrogens with one attached hydrogen (secondary N) is 1. The molecule has 0 aromatic heterocycles. The molecule has 0 spiro atoms. The van der Waals surface area contributed by atoms with Crippen LogP contribution in [0, 0.1) is 6.92 Å². The van der Waals surface area contributed by atoms with E-state index in [2.05, 4.69) is 34.2 Å². The molecule has 1 N–H and O–H groups in total. The SMILES string of the molecule is CC(=O)NCC(=Cc1ccc(Br)cc1C)B1OC(C)(C)C(C)(C)O1. The summed E-state index contributed by atoms with van der Waals surface area (Å²) in [5.41, 5.74) is 2.28. The first-order chi connectivity index (χ1) is 11.0. The number of halogens is 1. The second kappa shape index (κ2) is 7.02. The maximum atomic E-state index is 11.4. The van der Waals surface area contributed by atoms with Crippen LogP contribution in [-0.2, 0) is 14.1 Å². The van der Waals surface area contributed by atoms with Crippen molar-refractivity contribution in [2.75, 3.05) is 6.54 Å². The van der Waals surface area contributed by atoms with Gasteiger partial charge in [0.25, 0.3) is 0 Å². The van der Waals surface area contributed by atoms with Gasteiger partial charge in [0, 0.05) is 17.9 Å². The summed E-state index contributed by atoms with van der Waals surface area (Å²) in [5.74, 6) is -0.0788. The summed E-state index contributed by atoms with van der Waals surface area (Å²) in [5, 5.41) is 2.85. The van der Waals surface area contributed by atoms with Gasteiger partial charge in [0.15, 0.2) is 0 Å². The van der Waals surface area contributed by atoms with Gasteiger partial charge in [-0.15, -0.1) is 0 Å². The zero-order chi connectivity index (χ0) is 18.1. The van der Waals surface area contributed by atoms with Crippen LogP contribution in [0.25, 0.3) is 6.08 Å². The standard InChI is InChI=1S/C18H25BBrNO3/c1-12-9-16(20)8-7-14(12)10-15(11-21-13(2)22)19-23-17(3,4)18(5,6)24-19/h7-10H,11H2,1-6H3,(H,21,22). The highest BCUT2D eigenvalue weighted by Crippen LogP contribution is 2.38. The Labute approximate surface area is 153 Å². The van der Waals surface area contributed by atoms with Crippen LogP contribution in [0.5, 0.6) is 0 Å². The number of benzene rings is 1. The minimum Gasteiger partial charge on any atom is -0.400 e. The molecule has 1 aliphatic rings. The number of hydrogen-bond acceptors (Lipinski definition) is 3. The van der Waals surface area contributed by atoms with Crippen LogP contribution < -0.4 is 5.32 Å². The molecular formula is C18H25BBrNO3. The minimum absolute atomic E-state index is 0.0788. The van der Waals surface area contributed by atoms with E-state index in [1.807, 2.05) is 45.9 Å². The largest absolute Gasteiger partial charge is 0.492 e. The second-order valence-electron chi connectivity index (χ2n) is 7.22. The first kappa shape index (κ1) is 19.2. The van der Waals surface area contributed by atoms with E-state index in [-0.39, 0.29) is 5.91 Å². The number of amides is 1. The third-order valence-electron chi connectivity index (χ3n) is 4.67. The van der Waals surface area contributed by atoms with Crippen LogP contribution in [0.15, 0.2) is 28.1 Å². The van der Waals surface area contributed by atoms with Crippen molar-refractivity contribution in [2.45, 2.75) is 52.7 Å². The predicted octanol–water partition coefficient (Wildman–Crippen LogP) is 3.91. The third-order valence-corrected chi connectivity index (χ3v) is 5.16. The third kappa shape index (κ3) is 4.29. The van der Waals surface area contributed by atoms with E-state index in [9.17, 15) is 4.79 Å². The highest BCUT2D eigenvalue weighted by Gasteiger charge is 2.52. The van der Waals surface area contributed by atoms with Crippen molar-refractivity contribution >= 4 is 35.0 Å². The Morgan fingerprint density at radius 1 is 1.25 bits per heavy atom. The lowest BCUT2D eigenvalue weighted by molar-refractivity contribution is -0.118. The van der Waals surface area contributed by atoms with Gasteiger partial charge < -0.3 is 14.6 Å². The molecule has 0 aliphatic carbocycles. The summed E-state index contributed by atoms with van der Waals surface area (Å²) in [6.45, 7) is 12.0. The van der Waals surface area contributed by atoms with Crippen LogP contribution in [-0.4, -0.2) is 30.8 Å². The van der Waals surface area contributed by atoms with E-state index >= 15 is 0 Å². The molecule has 1 saturated heterocycles. The Bertz CT molecular complexity index is 654. The fourth-order valence-electron chi connectivity index (χ4n) is 2.42. The molecule has 1 aliphatic heterocycles. The first-order valence-electron chi connectivity index (χ1n) is 8.08. The molecule has 1 heterocycles. The van der Waals surface area contributed by atoms with Crippen LogP contribution in [0.1, 0.15) is 45.7 Å². The molecule has 0 bridgehead atoms. The molecule has 0 saturated carbocycles. The van der Waals surface area contributed by atoms with Gasteiger partial charge in [-0.3, -0.25) is 4.79 Å². The number of carbonyl (C=O) groups excluding carboxylic acids is 1. The fourth-order valence-corrected chi connectivity index (χ4v) is 2.90. The summed E-state index contributed by atoms with van der Waals surface area (Å²) < 4.78 is 13.3. The molecule has 0 radical (unpaired) electrons. The molecule has 0 atom stereocenters. The topological polar surface area (TPSA) is 47.6 Å². The van der Waals surface area contributed by atoms with Crippen molar-refractivity contribution in [3.05, 3.63) is 39.3 Å². The highest BCUT2D eigenvalue weighted by molar-refractivity contribution is 9.10. The Morgan fingerprint density at radius 3 is 2.33 bits per heavy atom. The van der Waals surface area contributed by atoms with Crippen molar-refractivity contribution in [3.63, 3.8) is 0 Å². The molecule has 24 heavy (non-hydrogen) atoms. The van der Waals surface area contributed by atoms with Crippen LogP contribution >= 0.6 is 15.9 Å². The number of rotatable bonds is 4. The van der Waals surface area contributed by atoms with Gasteiger partial charge in [-0.05, 0) is 63.4 Å². The number of carbonyl (C=O) groups is 1. The average Bonchev–Trinajstić information content (AvgIpc) is 2.65. The van der Waals surface area contributed by atoms with Gasteiger partial charge in [0.1, 0.15) is 0 Å². The van der Waals surface area contributed by atoms with E-state index in [1.165, 1.54) is 6.92 Å². The normalized spacial score (nSPS) is 19.5.